The van der Waals surface area contributed by atoms with Gasteiger partial charge >= 0.3 is 0 Å². The summed E-state index contributed by atoms with van der Waals surface area (Å²) in [6.07, 6.45) is 4.16. The predicted octanol–water partition coefficient (Wildman–Crippen LogP) is 2.73. The molecule has 0 atom stereocenters. The Bertz CT molecular complexity index is 470. The molecule has 1 saturated carbocycles. The van der Waals surface area contributed by atoms with E-state index >= 15 is 0 Å². The first-order chi connectivity index (χ1) is 9.15. The molecule has 5 heteroatoms. The summed E-state index contributed by atoms with van der Waals surface area (Å²) < 4.78 is 0. The van der Waals surface area contributed by atoms with Crippen LogP contribution in [0, 0.1) is 0 Å². The van der Waals surface area contributed by atoms with Gasteiger partial charge in [0.2, 0.25) is 11.8 Å². The van der Waals surface area contributed by atoms with Gasteiger partial charge in [0.25, 0.3) is 0 Å². The van der Waals surface area contributed by atoms with Crippen molar-refractivity contribution in [3.63, 3.8) is 0 Å². The molecule has 0 saturated heterocycles. The second-order valence-electron chi connectivity index (χ2n) is 4.75. The van der Waals surface area contributed by atoms with E-state index in [1.165, 1.54) is 0 Å². The van der Waals surface area contributed by atoms with Gasteiger partial charge in [0.05, 0.1) is 10.7 Å². The second kappa shape index (κ2) is 6.57. The molecule has 19 heavy (non-hydrogen) atoms. The Kier molecular flexibility index (Phi) is 4.80. The molecule has 0 radical (unpaired) electrons. The number of rotatable bonds is 4. The minimum absolute atomic E-state index is 0.165. The van der Waals surface area contributed by atoms with Crippen LogP contribution in [-0.2, 0) is 9.59 Å². The molecule has 1 fully saturated rings. The third-order valence-electron chi connectivity index (χ3n) is 3.19. The highest BCUT2D eigenvalue weighted by atomic mass is 35.5. The first kappa shape index (κ1) is 13.9. The standard InChI is InChI=1S/C14H17ClN2O2/c15-11-7-3-4-8-12(11)17-14(19)9-13(18)16-10-5-1-2-6-10/h3-4,7-8,10H,1-2,5-6,9H2,(H,16,18)(H,17,19). The Hall–Kier alpha value is -1.55. The van der Waals surface area contributed by atoms with Crippen LogP contribution in [0.2, 0.25) is 5.02 Å². The molecule has 1 aromatic rings. The maximum Gasteiger partial charge on any atom is 0.233 e. The molecular formula is C14H17ClN2O2. The van der Waals surface area contributed by atoms with Crippen LogP contribution in [0.4, 0.5) is 5.69 Å². The van der Waals surface area contributed by atoms with Crippen molar-refractivity contribution in [2.75, 3.05) is 5.32 Å². The van der Waals surface area contributed by atoms with Crippen LogP contribution in [0.25, 0.3) is 0 Å². The fourth-order valence-electron chi connectivity index (χ4n) is 2.25. The largest absolute Gasteiger partial charge is 0.353 e. The molecule has 0 heterocycles. The minimum atomic E-state index is -0.344. The van der Waals surface area contributed by atoms with Gasteiger partial charge in [0, 0.05) is 6.04 Å². The molecule has 2 N–H and O–H groups in total. The lowest BCUT2D eigenvalue weighted by Crippen LogP contribution is -2.35. The first-order valence-corrected chi connectivity index (χ1v) is 6.86. The summed E-state index contributed by atoms with van der Waals surface area (Å²) in [5.74, 6) is -0.569. The van der Waals surface area contributed by atoms with Gasteiger partial charge in [-0.3, -0.25) is 9.59 Å². The summed E-state index contributed by atoms with van der Waals surface area (Å²) in [5, 5.41) is 5.98. The van der Waals surface area contributed by atoms with E-state index in [0.29, 0.717) is 10.7 Å². The van der Waals surface area contributed by atoms with E-state index in [2.05, 4.69) is 10.6 Å². The Morgan fingerprint density at radius 3 is 2.53 bits per heavy atom. The summed E-state index contributed by atoms with van der Waals surface area (Å²) in [6, 6.07) is 7.19. The lowest BCUT2D eigenvalue weighted by atomic mass is 10.2. The second-order valence-corrected chi connectivity index (χ2v) is 5.16. The normalized spacial score (nSPS) is 15.2. The number of halogens is 1. The molecule has 1 aliphatic carbocycles. The number of nitrogens with one attached hydrogen (secondary N) is 2. The summed E-state index contributed by atoms with van der Waals surface area (Å²) in [7, 11) is 0. The zero-order valence-electron chi connectivity index (χ0n) is 10.6. The fourth-order valence-corrected chi connectivity index (χ4v) is 2.43. The van der Waals surface area contributed by atoms with Crippen LogP contribution >= 0.6 is 11.6 Å². The molecule has 1 aliphatic rings. The Morgan fingerprint density at radius 2 is 1.84 bits per heavy atom. The van der Waals surface area contributed by atoms with Crippen LogP contribution in [0.1, 0.15) is 32.1 Å². The molecular weight excluding hydrogens is 264 g/mol. The number of carbonyl (C=O) groups excluding carboxylic acids is 2. The lowest BCUT2D eigenvalue weighted by molar-refractivity contribution is -0.127. The smallest absolute Gasteiger partial charge is 0.233 e. The van der Waals surface area contributed by atoms with Gasteiger partial charge in [0.15, 0.2) is 0 Å². The van der Waals surface area contributed by atoms with E-state index in [1.807, 2.05) is 0 Å². The molecule has 0 spiro atoms. The minimum Gasteiger partial charge on any atom is -0.353 e. The highest BCUT2D eigenvalue weighted by Gasteiger charge is 2.18. The molecule has 102 valence electrons. The van der Waals surface area contributed by atoms with Crippen molar-refractivity contribution in [1.82, 2.24) is 5.32 Å². The van der Waals surface area contributed by atoms with Gasteiger partial charge in [-0.2, -0.15) is 0 Å². The molecule has 0 aliphatic heterocycles. The van der Waals surface area contributed by atoms with Crippen LogP contribution < -0.4 is 10.6 Å². The van der Waals surface area contributed by atoms with E-state index in [4.69, 9.17) is 11.6 Å². The molecule has 1 aromatic carbocycles. The Balaban J connectivity index is 1.80. The average Bonchev–Trinajstić information content (AvgIpc) is 2.84. The van der Waals surface area contributed by atoms with Crippen molar-refractivity contribution in [2.45, 2.75) is 38.1 Å². The van der Waals surface area contributed by atoms with Crippen LogP contribution in [-0.4, -0.2) is 17.9 Å². The summed E-state index contributed by atoms with van der Waals surface area (Å²) in [6.45, 7) is 0. The number of para-hydroxylation sites is 1. The van der Waals surface area contributed by atoms with Crippen LogP contribution in [0.15, 0.2) is 24.3 Å². The number of hydrogen-bond donors (Lipinski definition) is 2. The lowest BCUT2D eigenvalue weighted by Gasteiger charge is -2.12. The number of benzene rings is 1. The summed E-state index contributed by atoms with van der Waals surface area (Å²) in [5.41, 5.74) is 0.530. The van der Waals surface area contributed by atoms with Crippen molar-refractivity contribution < 1.29 is 9.59 Å². The topological polar surface area (TPSA) is 58.2 Å². The number of amides is 2. The van der Waals surface area contributed by atoms with Gasteiger partial charge in [-0.1, -0.05) is 36.6 Å². The molecule has 2 rings (SSSR count). The van der Waals surface area contributed by atoms with Crippen LogP contribution in [0.5, 0.6) is 0 Å². The first-order valence-electron chi connectivity index (χ1n) is 6.49. The number of anilines is 1. The fraction of sp³-hybridized carbons (Fsp3) is 0.429. The monoisotopic (exact) mass is 280 g/mol. The van der Waals surface area contributed by atoms with E-state index in [1.54, 1.807) is 24.3 Å². The van der Waals surface area contributed by atoms with Gasteiger partial charge in [-0.25, -0.2) is 0 Å². The summed E-state index contributed by atoms with van der Waals surface area (Å²) in [4.78, 5) is 23.4. The third kappa shape index (κ3) is 4.24. The zero-order valence-corrected chi connectivity index (χ0v) is 11.4. The molecule has 0 bridgehead atoms. The van der Waals surface area contributed by atoms with Crippen molar-refractivity contribution in [1.29, 1.82) is 0 Å². The maximum absolute atomic E-state index is 11.7. The molecule has 2 amide bonds. The van der Waals surface area contributed by atoms with Crippen molar-refractivity contribution in [3.8, 4) is 0 Å². The Labute approximate surface area is 117 Å². The van der Waals surface area contributed by atoms with Crippen molar-refractivity contribution >= 4 is 29.1 Å². The predicted molar refractivity (Wildman–Crippen MR) is 75.1 cm³/mol. The van der Waals surface area contributed by atoms with Crippen LogP contribution in [0.3, 0.4) is 0 Å². The van der Waals surface area contributed by atoms with Gasteiger partial charge in [0.1, 0.15) is 6.42 Å². The van der Waals surface area contributed by atoms with Gasteiger partial charge in [-0.15, -0.1) is 0 Å². The van der Waals surface area contributed by atoms with Gasteiger partial charge in [-0.05, 0) is 25.0 Å². The van der Waals surface area contributed by atoms with E-state index < -0.39 is 0 Å². The quantitative estimate of drug-likeness (QED) is 0.833. The summed E-state index contributed by atoms with van der Waals surface area (Å²) >= 11 is 5.93. The average molecular weight is 281 g/mol. The highest BCUT2D eigenvalue weighted by molar-refractivity contribution is 6.33. The molecule has 4 nitrogen and oxygen atoms in total. The van der Waals surface area contributed by atoms with E-state index in [0.717, 1.165) is 25.7 Å². The third-order valence-corrected chi connectivity index (χ3v) is 3.52. The maximum atomic E-state index is 11.7. The molecule has 0 unspecified atom stereocenters. The number of hydrogen-bond acceptors (Lipinski definition) is 2. The van der Waals surface area contributed by atoms with Crippen molar-refractivity contribution in [3.05, 3.63) is 29.3 Å². The number of carbonyl (C=O) groups is 2. The molecule has 0 aromatic heterocycles. The Morgan fingerprint density at radius 1 is 1.16 bits per heavy atom. The zero-order chi connectivity index (χ0) is 13.7. The van der Waals surface area contributed by atoms with E-state index in [-0.39, 0.29) is 24.3 Å². The SMILES string of the molecule is O=C(CC(=O)NC1CCCC1)Nc1ccccc1Cl. The van der Waals surface area contributed by atoms with Gasteiger partial charge < -0.3 is 10.6 Å². The highest BCUT2D eigenvalue weighted by Crippen LogP contribution is 2.20. The van der Waals surface area contributed by atoms with E-state index in [9.17, 15) is 9.59 Å². The van der Waals surface area contributed by atoms with Crippen molar-refractivity contribution in [2.24, 2.45) is 0 Å².